The first kappa shape index (κ1) is 14.9. The van der Waals surface area contributed by atoms with E-state index in [1.165, 1.54) is 18.2 Å². The first-order chi connectivity index (χ1) is 10.0. The summed E-state index contributed by atoms with van der Waals surface area (Å²) in [6.45, 7) is 2.36. The SMILES string of the molecule is CCNc1ncc([N+](=O)[O-])c(Nc2c(F)cccc2Cl)n1. The normalized spacial score (nSPS) is 10.2. The molecular weight excluding hydrogens is 301 g/mol. The highest BCUT2D eigenvalue weighted by Crippen LogP contribution is 2.31. The van der Waals surface area contributed by atoms with Crippen LogP contribution in [0.2, 0.25) is 5.02 Å². The van der Waals surface area contributed by atoms with Crippen LogP contribution in [-0.2, 0) is 0 Å². The molecule has 7 nitrogen and oxygen atoms in total. The summed E-state index contributed by atoms with van der Waals surface area (Å²) < 4.78 is 13.7. The van der Waals surface area contributed by atoms with Crippen molar-refractivity contribution >= 4 is 34.7 Å². The fourth-order valence-corrected chi connectivity index (χ4v) is 1.79. The third-order valence-corrected chi connectivity index (χ3v) is 2.82. The summed E-state index contributed by atoms with van der Waals surface area (Å²) >= 11 is 5.88. The Hall–Kier alpha value is -2.48. The molecule has 0 spiro atoms. The van der Waals surface area contributed by atoms with Crippen LogP contribution in [-0.4, -0.2) is 21.4 Å². The van der Waals surface area contributed by atoms with E-state index in [2.05, 4.69) is 20.6 Å². The Morgan fingerprint density at radius 1 is 1.48 bits per heavy atom. The number of para-hydroxylation sites is 1. The van der Waals surface area contributed by atoms with Crippen molar-refractivity contribution in [3.63, 3.8) is 0 Å². The second kappa shape index (κ2) is 6.31. The van der Waals surface area contributed by atoms with Gasteiger partial charge in [0.15, 0.2) is 0 Å². The Kier molecular flexibility index (Phi) is 4.49. The van der Waals surface area contributed by atoms with E-state index in [4.69, 9.17) is 11.6 Å². The van der Waals surface area contributed by atoms with Crippen LogP contribution in [0.3, 0.4) is 0 Å². The van der Waals surface area contributed by atoms with Crippen molar-refractivity contribution in [1.82, 2.24) is 9.97 Å². The maximum Gasteiger partial charge on any atom is 0.329 e. The molecular formula is C12H11ClFN5O2. The van der Waals surface area contributed by atoms with Crippen molar-refractivity contribution in [1.29, 1.82) is 0 Å². The van der Waals surface area contributed by atoms with Crippen LogP contribution in [0.4, 0.5) is 27.5 Å². The molecule has 0 aliphatic rings. The van der Waals surface area contributed by atoms with Gasteiger partial charge in [-0.1, -0.05) is 17.7 Å². The van der Waals surface area contributed by atoms with Crippen LogP contribution in [0.1, 0.15) is 6.92 Å². The molecule has 0 amide bonds. The van der Waals surface area contributed by atoms with Crippen LogP contribution in [0.15, 0.2) is 24.4 Å². The summed E-state index contributed by atoms with van der Waals surface area (Å²) in [7, 11) is 0. The number of aromatic nitrogens is 2. The number of benzene rings is 1. The largest absolute Gasteiger partial charge is 0.354 e. The second-order valence-electron chi connectivity index (χ2n) is 3.94. The fourth-order valence-electron chi connectivity index (χ4n) is 1.58. The summed E-state index contributed by atoms with van der Waals surface area (Å²) in [6, 6.07) is 4.08. The Labute approximate surface area is 124 Å². The summed E-state index contributed by atoms with van der Waals surface area (Å²) in [5.74, 6) is -0.587. The molecule has 9 heteroatoms. The van der Waals surface area contributed by atoms with Gasteiger partial charge >= 0.3 is 5.69 Å². The number of rotatable bonds is 5. The van der Waals surface area contributed by atoms with Crippen LogP contribution < -0.4 is 10.6 Å². The van der Waals surface area contributed by atoms with E-state index >= 15 is 0 Å². The van der Waals surface area contributed by atoms with E-state index in [1.807, 2.05) is 6.92 Å². The van der Waals surface area contributed by atoms with Crippen LogP contribution in [0.25, 0.3) is 0 Å². The summed E-state index contributed by atoms with van der Waals surface area (Å²) in [4.78, 5) is 18.1. The number of anilines is 3. The van der Waals surface area contributed by atoms with Crippen molar-refractivity contribution in [3.05, 3.63) is 45.4 Å². The molecule has 0 saturated carbocycles. The maximum atomic E-state index is 13.7. The van der Waals surface area contributed by atoms with Gasteiger partial charge in [0.05, 0.1) is 15.6 Å². The van der Waals surface area contributed by atoms with Gasteiger partial charge in [-0.15, -0.1) is 0 Å². The smallest absolute Gasteiger partial charge is 0.329 e. The van der Waals surface area contributed by atoms with Crippen LogP contribution in [0.5, 0.6) is 0 Å². The number of nitro groups is 1. The molecule has 1 aromatic heterocycles. The zero-order valence-corrected chi connectivity index (χ0v) is 11.7. The molecule has 2 N–H and O–H groups in total. The summed E-state index contributed by atoms with van der Waals surface area (Å²) in [5, 5.41) is 16.4. The van der Waals surface area contributed by atoms with Gasteiger partial charge in [-0.05, 0) is 19.1 Å². The minimum Gasteiger partial charge on any atom is -0.354 e. The van der Waals surface area contributed by atoms with Gasteiger partial charge in [-0.2, -0.15) is 4.98 Å². The predicted molar refractivity (Wildman–Crippen MR) is 77.5 cm³/mol. The number of hydrogen-bond donors (Lipinski definition) is 2. The van der Waals surface area contributed by atoms with E-state index < -0.39 is 10.7 Å². The van der Waals surface area contributed by atoms with Crippen LogP contribution in [0, 0.1) is 15.9 Å². The third kappa shape index (κ3) is 3.34. The van der Waals surface area contributed by atoms with E-state index in [0.29, 0.717) is 6.54 Å². The topological polar surface area (TPSA) is 93.0 Å². The zero-order chi connectivity index (χ0) is 15.4. The van der Waals surface area contributed by atoms with E-state index in [9.17, 15) is 14.5 Å². The lowest BCUT2D eigenvalue weighted by Gasteiger charge is -2.10. The second-order valence-corrected chi connectivity index (χ2v) is 4.34. The monoisotopic (exact) mass is 311 g/mol. The molecule has 0 atom stereocenters. The molecule has 0 unspecified atom stereocenters. The number of nitrogens with zero attached hydrogens (tertiary/aromatic N) is 3. The lowest BCUT2D eigenvalue weighted by molar-refractivity contribution is -0.384. The van der Waals surface area contributed by atoms with Gasteiger partial charge in [-0.25, -0.2) is 9.37 Å². The molecule has 110 valence electrons. The lowest BCUT2D eigenvalue weighted by atomic mass is 10.3. The van der Waals surface area contributed by atoms with Crippen molar-refractivity contribution < 1.29 is 9.31 Å². The van der Waals surface area contributed by atoms with Crippen LogP contribution >= 0.6 is 11.6 Å². The molecule has 0 bridgehead atoms. The highest BCUT2D eigenvalue weighted by Gasteiger charge is 2.19. The average Bonchev–Trinajstić information content (AvgIpc) is 2.43. The standard InChI is InChI=1S/C12H11ClFN5O2/c1-2-15-12-16-6-9(19(20)21)11(18-12)17-10-7(13)4-3-5-8(10)14/h3-6H,2H2,1H3,(H2,15,16,17,18). The minimum atomic E-state index is -0.660. The fraction of sp³-hybridized carbons (Fsp3) is 0.167. The zero-order valence-electron chi connectivity index (χ0n) is 10.9. The average molecular weight is 312 g/mol. The van der Waals surface area contributed by atoms with E-state index in [1.54, 1.807) is 0 Å². The van der Waals surface area contributed by atoms with Crippen molar-refractivity contribution in [2.75, 3.05) is 17.2 Å². The predicted octanol–water partition coefficient (Wildman–Crippen LogP) is 3.35. The molecule has 0 fully saturated rings. The number of halogens is 2. The molecule has 2 rings (SSSR count). The van der Waals surface area contributed by atoms with E-state index in [0.717, 1.165) is 6.20 Å². The Balaban J connectivity index is 2.46. The van der Waals surface area contributed by atoms with Gasteiger partial charge in [-0.3, -0.25) is 10.1 Å². The van der Waals surface area contributed by atoms with Gasteiger partial charge in [0.2, 0.25) is 11.8 Å². The third-order valence-electron chi connectivity index (χ3n) is 2.51. The van der Waals surface area contributed by atoms with Crippen molar-refractivity contribution in [3.8, 4) is 0 Å². The number of nitrogens with one attached hydrogen (secondary N) is 2. The molecule has 1 heterocycles. The Morgan fingerprint density at radius 2 is 2.24 bits per heavy atom. The number of hydrogen-bond acceptors (Lipinski definition) is 6. The minimum absolute atomic E-state index is 0.0802. The summed E-state index contributed by atoms with van der Waals surface area (Å²) in [6.07, 6.45) is 1.04. The molecule has 0 aliphatic carbocycles. The molecule has 0 radical (unpaired) electrons. The van der Waals surface area contributed by atoms with Gasteiger partial charge in [0.1, 0.15) is 12.0 Å². The molecule has 0 saturated heterocycles. The molecule has 2 aromatic rings. The highest BCUT2D eigenvalue weighted by atomic mass is 35.5. The maximum absolute atomic E-state index is 13.7. The van der Waals surface area contributed by atoms with Crippen molar-refractivity contribution in [2.24, 2.45) is 0 Å². The highest BCUT2D eigenvalue weighted by molar-refractivity contribution is 6.33. The summed E-state index contributed by atoms with van der Waals surface area (Å²) in [5.41, 5.74) is -0.459. The Morgan fingerprint density at radius 3 is 2.86 bits per heavy atom. The molecule has 21 heavy (non-hydrogen) atoms. The molecule has 1 aromatic carbocycles. The quantitative estimate of drug-likeness (QED) is 0.649. The van der Waals surface area contributed by atoms with Gasteiger partial charge in [0.25, 0.3) is 0 Å². The first-order valence-corrected chi connectivity index (χ1v) is 6.37. The first-order valence-electron chi connectivity index (χ1n) is 5.99. The van der Waals surface area contributed by atoms with Gasteiger partial charge < -0.3 is 10.6 Å². The van der Waals surface area contributed by atoms with E-state index in [-0.39, 0.29) is 28.2 Å². The lowest BCUT2D eigenvalue weighted by Crippen LogP contribution is -2.07. The Bertz CT molecular complexity index is 662. The van der Waals surface area contributed by atoms with Crippen molar-refractivity contribution in [2.45, 2.75) is 6.92 Å². The van der Waals surface area contributed by atoms with Gasteiger partial charge in [0, 0.05) is 6.54 Å². The molecule has 0 aliphatic heterocycles.